The van der Waals surface area contributed by atoms with E-state index in [9.17, 15) is 39.5 Å². The molecule has 16 heteroatoms. The van der Waals surface area contributed by atoms with E-state index in [0.29, 0.717) is 37.3 Å². The second kappa shape index (κ2) is 12.9. The van der Waals surface area contributed by atoms with E-state index in [1.807, 2.05) is 14.0 Å². The van der Waals surface area contributed by atoms with Crippen LogP contribution in [0.15, 0.2) is 36.4 Å². The van der Waals surface area contributed by atoms with Gasteiger partial charge in [0.1, 0.15) is 0 Å². The summed E-state index contributed by atoms with van der Waals surface area (Å²) >= 11 is 0. The molecule has 0 bridgehead atoms. The van der Waals surface area contributed by atoms with E-state index < -0.39 is 41.8 Å². The molecular formula is C28H31F9N6O. The van der Waals surface area contributed by atoms with E-state index in [4.69, 9.17) is 4.74 Å². The van der Waals surface area contributed by atoms with E-state index >= 15 is 0 Å². The SMILES string of the molecule is CCC(c1ccc(C(F)(F)F)cc1CN(Cc1cc(C(F)(F)F)cc(C(F)(F)F)c1)c1nnn(C)n1)N(C)C1CCOCC1. The lowest BCUT2D eigenvalue weighted by Crippen LogP contribution is -2.39. The number of aromatic nitrogens is 4. The molecule has 2 heterocycles. The van der Waals surface area contributed by atoms with Crippen LogP contribution >= 0.6 is 0 Å². The van der Waals surface area contributed by atoms with Crippen LogP contribution < -0.4 is 4.90 Å². The van der Waals surface area contributed by atoms with Crippen LogP contribution in [0.4, 0.5) is 45.5 Å². The summed E-state index contributed by atoms with van der Waals surface area (Å²) in [6, 6.07) is 4.18. The summed E-state index contributed by atoms with van der Waals surface area (Å²) in [5.41, 5.74) is -3.68. The van der Waals surface area contributed by atoms with Crippen LogP contribution in [-0.4, -0.2) is 51.4 Å². The Morgan fingerprint density at radius 1 is 0.864 bits per heavy atom. The van der Waals surface area contributed by atoms with Gasteiger partial charge in [0.15, 0.2) is 0 Å². The molecule has 1 unspecified atom stereocenters. The van der Waals surface area contributed by atoms with Gasteiger partial charge in [0.2, 0.25) is 0 Å². The number of anilines is 1. The number of halogens is 9. The molecule has 44 heavy (non-hydrogen) atoms. The van der Waals surface area contributed by atoms with Gasteiger partial charge in [-0.25, -0.2) is 0 Å². The fourth-order valence-electron chi connectivity index (χ4n) is 5.45. The highest BCUT2D eigenvalue weighted by molar-refractivity contribution is 5.42. The number of benzene rings is 2. The fourth-order valence-corrected chi connectivity index (χ4v) is 5.45. The van der Waals surface area contributed by atoms with Crippen LogP contribution in [0.25, 0.3) is 0 Å². The summed E-state index contributed by atoms with van der Waals surface area (Å²) in [6.07, 6.45) is -12.9. The lowest BCUT2D eigenvalue weighted by Gasteiger charge is -2.38. The van der Waals surface area contributed by atoms with Crippen molar-refractivity contribution in [2.75, 3.05) is 25.2 Å². The minimum Gasteiger partial charge on any atom is -0.381 e. The molecule has 1 saturated heterocycles. The van der Waals surface area contributed by atoms with Gasteiger partial charge >= 0.3 is 18.5 Å². The molecule has 0 N–H and O–H groups in total. The molecule has 1 fully saturated rings. The second-order valence-corrected chi connectivity index (χ2v) is 10.7. The summed E-state index contributed by atoms with van der Waals surface area (Å²) in [4.78, 5) is 4.31. The first-order valence-corrected chi connectivity index (χ1v) is 13.7. The Bertz CT molecular complexity index is 1380. The highest BCUT2D eigenvalue weighted by Crippen LogP contribution is 2.38. The maximum Gasteiger partial charge on any atom is 0.416 e. The van der Waals surface area contributed by atoms with Gasteiger partial charge in [-0.2, -0.15) is 44.3 Å². The average molecular weight is 639 g/mol. The average Bonchev–Trinajstić information content (AvgIpc) is 3.38. The highest BCUT2D eigenvalue weighted by Gasteiger charge is 2.38. The molecule has 4 rings (SSSR count). The Labute approximate surface area is 247 Å². The van der Waals surface area contributed by atoms with Crippen LogP contribution in [-0.2, 0) is 43.4 Å². The molecule has 7 nitrogen and oxygen atoms in total. The molecule has 0 aliphatic carbocycles. The quantitative estimate of drug-likeness (QED) is 0.235. The van der Waals surface area contributed by atoms with Gasteiger partial charge in [-0.05, 0) is 78.5 Å². The lowest BCUT2D eigenvalue weighted by atomic mass is 9.92. The number of hydrogen-bond acceptors (Lipinski definition) is 6. The Morgan fingerprint density at radius 3 is 1.95 bits per heavy atom. The number of tetrazole rings is 1. The zero-order chi connectivity index (χ0) is 32.4. The molecule has 2 aromatic carbocycles. The molecular weight excluding hydrogens is 607 g/mol. The summed E-state index contributed by atoms with van der Waals surface area (Å²) in [5, 5.41) is 11.6. The first kappa shape index (κ1) is 33.5. The molecule has 1 atom stereocenters. The Morgan fingerprint density at radius 2 is 1.45 bits per heavy atom. The maximum atomic E-state index is 13.9. The fraction of sp³-hybridized carbons (Fsp3) is 0.536. The third kappa shape index (κ3) is 8.00. The van der Waals surface area contributed by atoms with Gasteiger partial charge in [0.05, 0.1) is 23.7 Å². The van der Waals surface area contributed by atoms with Crippen molar-refractivity contribution in [3.8, 4) is 0 Å². The standard InChI is InChI=1S/C28H31F9N6O/c1-4-24(41(2)22-7-9-44-10-8-22)23-6-5-19(26(29,30)31)13-18(23)16-43(25-38-40-42(3)39-25)15-17-11-20(27(32,33)34)14-21(12-17)28(35,36)37/h5-6,11-14,22,24H,4,7-10,15-16H2,1-3H3. The third-order valence-corrected chi connectivity index (χ3v) is 7.64. The van der Waals surface area contributed by atoms with Crippen LogP contribution in [0.3, 0.4) is 0 Å². The molecule has 3 aromatic rings. The van der Waals surface area contributed by atoms with Crippen molar-refractivity contribution in [3.05, 3.63) is 69.8 Å². The third-order valence-electron chi connectivity index (χ3n) is 7.64. The van der Waals surface area contributed by atoms with Crippen LogP contribution in [0, 0.1) is 0 Å². The number of alkyl halides is 9. The topological polar surface area (TPSA) is 59.3 Å². The van der Waals surface area contributed by atoms with Gasteiger partial charge in [-0.1, -0.05) is 18.1 Å². The summed E-state index contributed by atoms with van der Waals surface area (Å²) < 4.78 is 128. The maximum absolute atomic E-state index is 13.9. The number of hydrogen-bond donors (Lipinski definition) is 0. The van der Waals surface area contributed by atoms with Gasteiger partial charge in [0.25, 0.3) is 5.95 Å². The molecule has 1 aliphatic rings. The number of rotatable bonds is 9. The summed E-state index contributed by atoms with van der Waals surface area (Å²) in [7, 11) is 3.27. The van der Waals surface area contributed by atoms with Gasteiger partial charge in [-0.15, -0.1) is 5.10 Å². The number of ether oxygens (including phenoxy) is 1. The number of nitrogens with zero attached hydrogens (tertiary/aromatic N) is 6. The van der Waals surface area contributed by atoms with E-state index in [-0.39, 0.29) is 41.8 Å². The molecule has 242 valence electrons. The normalized spacial score (nSPS) is 16.0. The first-order valence-electron chi connectivity index (χ1n) is 13.7. The minimum absolute atomic E-state index is 0.0112. The first-order chi connectivity index (χ1) is 20.5. The Balaban J connectivity index is 1.81. The second-order valence-electron chi connectivity index (χ2n) is 10.7. The largest absolute Gasteiger partial charge is 0.416 e. The zero-order valence-corrected chi connectivity index (χ0v) is 24.1. The van der Waals surface area contributed by atoms with Crippen LogP contribution in [0.2, 0.25) is 0 Å². The smallest absolute Gasteiger partial charge is 0.381 e. The Kier molecular flexibility index (Phi) is 9.83. The van der Waals surface area contributed by atoms with Crippen molar-refractivity contribution in [2.45, 2.75) is 69.9 Å². The predicted molar refractivity (Wildman–Crippen MR) is 141 cm³/mol. The van der Waals surface area contributed by atoms with Gasteiger partial charge in [-0.3, -0.25) is 4.90 Å². The molecule has 0 saturated carbocycles. The molecule has 1 aliphatic heterocycles. The van der Waals surface area contributed by atoms with Gasteiger partial charge in [0, 0.05) is 38.4 Å². The van der Waals surface area contributed by atoms with Crippen molar-refractivity contribution < 1.29 is 44.3 Å². The highest BCUT2D eigenvalue weighted by atomic mass is 19.4. The minimum atomic E-state index is -5.08. The van der Waals surface area contributed by atoms with E-state index in [0.717, 1.165) is 29.8 Å². The lowest BCUT2D eigenvalue weighted by molar-refractivity contribution is -0.143. The Hall–Kier alpha value is -3.40. The van der Waals surface area contributed by atoms with Gasteiger partial charge < -0.3 is 9.64 Å². The summed E-state index contributed by atoms with van der Waals surface area (Å²) in [5.74, 6) is -0.187. The monoisotopic (exact) mass is 638 g/mol. The van der Waals surface area contributed by atoms with Crippen molar-refractivity contribution in [1.29, 1.82) is 0 Å². The van der Waals surface area contributed by atoms with Crippen molar-refractivity contribution in [3.63, 3.8) is 0 Å². The predicted octanol–water partition coefficient (Wildman–Crippen LogP) is 7.04. The zero-order valence-electron chi connectivity index (χ0n) is 24.1. The van der Waals surface area contributed by atoms with Crippen molar-refractivity contribution >= 4 is 5.95 Å². The summed E-state index contributed by atoms with van der Waals surface area (Å²) in [6.45, 7) is 2.01. The van der Waals surface area contributed by atoms with Crippen LogP contribution in [0.5, 0.6) is 0 Å². The van der Waals surface area contributed by atoms with Crippen molar-refractivity contribution in [1.82, 2.24) is 25.1 Å². The molecule has 0 amide bonds. The molecule has 1 aromatic heterocycles. The van der Waals surface area contributed by atoms with E-state index in [2.05, 4.69) is 20.3 Å². The van der Waals surface area contributed by atoms with Crippen molar-refractivity contribution in [2.24, 2.45) is 7.05 Å². The molecule has 0 radical (unpaired) electrons. The van der Waals surface area contributed by atoms with E-state index in [1.54, 1.807) is 0 Å². The van der Waals surface area contributed by atoms with Crippen LogP contribution in [0.1, 0.15) is 65.6 Å². The molecule has 0 spiro atoms. The number of aryl methyl sites for hydroxylation is 1. The van der Waals surface area contributed by atoms with E-state index in [1.165, 1.54) is 18.0 Å².